The molecule has 4 N–H and O–H groups in total. The van der Waals surface area contributed by atoms with Gasteiger partial charge in [-0.15, -0.1) is 0 Å². The van der Waals surface area contributed by atoms with Gasteiger partial charge in [0.1, 0.15) is 5.82 Å². The lowest BCUT2D eigenvalue weighted by Gasteiger charge is -2.13. The van der Waals surface area contributed by atoms with E-state index in [-0.39, 0.29) is 23.9 Å². The van der Waals surface area contributed by atoms with E-state index in [2.05, 4.69) is 15.6 Å². The first-order chi connectivity index (χ1) is 14.5. The quantitative estimate of drug-likeness (QED) is 0.559. The Morgan fingerprint density at radius 2 is 1.83 bits per heavy atom. The van der Waals surface area contributed by atoms with E-state index in [4.69, 9.17) is 5.73 Å². The van der Waals surface area contributed by atoms with Crippen molar-refractivity contribution in [1.29, 1.82) is 0 Å². The van der Waals surface area contributed by atoms with E-state index in [1.807, 2.05) is 18.2 Å². The maximum atomic E-state index is 12.9. The van der Waals surface area contributed by atoms with Crippen molar-refractivity contribution in [3.63, 3.8) is 0 Å². The van der Waals surface area contributed by atoms with E-state index in [1.165, 1.54) is 0 Å². The van der Waals surface area contributed by atoms with Crippen LogP contribution in [0.5, 0.6) is 0 Å². The lowest BCUT2D eigenvalue weighted by atomic mass is 10.2. The number of carbonyl (C=O) groups is 2. The van der Waals surface area contributed by atoms with Gasteiger partial charge >= 0.3 is 6.03 Å². The summed E-state index contributed by atoms with van der Waals surface area (Å²) in [6.07, 6.45) is 2.60. The summed E-state index contributed by atoms with van der Waals surface area (Å²) in [5, 5.41) is 5.99. The second kappa shape index (κ2) is 8.36. The van der Waals surface area contributed by atoms with Gasteiger partial charge in [-0.2, -0.15) is 0 Å². The summed E-state index contributed by atoms with van der Waals surface area (Å²) in [7, 11) is 0. The third-order valence-corrected chi connectivity index (χ3v) is 5.08. The highest BCUT2D eigenvalue weighted by Crippen LogP contribution is 2.34. The lowest BCUT2D eigenvalue weighted by molar-refractivity contribution is -0.121. The monoisotopic (exact) mass is 405 g/mol. The number of anilines is 1. The summed E-state index contributed by atoms with van der Waals surface area (Å²) < 4.78 is 1.76. The molecule has 1 fully saturated rings. The van der Waals surface area contributed by atoms with Crippen LogP contribution in [-0.2, 0) is 17.8 Å². The number of benzene rings is 2. The molecule has 1 aliphatic carbocycles. The normalized spacial score (nSPS) is 13.2. The van der Waals surface area contributed by atoms with Crippen molar-refractivity contribution in [2.45, 2.75) is 38.3 Å². The Bertz CT molecular complexity index is 1150. The van der Waals surface area contributed by atoms with Crippen LogP contribution in [0, 0.1) is 0 Å². The minimum Gasteiger partial charge on any atom is -0.352 e. The van der Waals surface area contributed by atoms with E-state index in [1.54, 1.807) is 34.9 Å². The van der Waals surface area contributed by atoms with Crippen LogP contribution in [0.3, 0.4) is 0 Å². The van der Waals surface area contributed by atoms with Crippen LogP contribution in [0.1, 0.15) is 36.7 Å². The smallest absolute Gasteiger partial charge is 0.316 e. The summed E-state index contributed by atoms with van der Waals surface area (Å²) in [4.78, 5) is 40.7. The molecule has 0 atom stereocenters. The van der Waals surface area contributed by atoms with Gasteiger partial charge in [-0.05, 0) is 42.7 Å². The minimum atomic E-state index is -0.622. The number of carbonyl (C=O) groups excluding carboxylic acids is 2. The first kappa shape index (κ1) is 19.6. The fraction of sp³-hybridized carbons (Fsp3) is 0.273. The van der Waals surface area contributed by atoms with Gasteiger partial charge in [-0.25, -0.2) is 9.78 Å². The van der Waals surface area contributed by atoms with Gasteiger partial charge in [0.15, 0.2) is 0 Å². The zero-order chi connectivity index (χ0) is 21.1. The van der Waals surface area contributed by atoms with Gasteiger partial charge in [0.05, 0.1) is 10.9 Å². The number of aromatic nitrogens is 2. The molecule has 2 aromatic carbocycles. The Morgan fingerprint density at radius 3 is 2.53 bits per heavy atom. The zero-order valence-electron chi connectivity index (χ0n) is 16.4. The number of aryl methyl sites for hydroxylation is 1. The number of nitrogens with one attached hydrogen (secondary N) is 2. The highest BCUT2D eigenvalue weighted by Gasteiger charge is 2.28. The molecule has 0 unspecified atom stereocenters. The molecule has 0 radical (unpaired) electrons. The van der Waals surface area contributed by atoms with Crippen molar-refractivity contribution < 1.29 is 9.59 Å². The lowest BCUT2D eigenvalue weighted by Crippen LogP contribution is -2.27. The van der Waals surface area contributed by atoms with Crippen molar-refractivity contribution in [3.8, 4) is 0 Å². The summed E-state index contributed by atoms with van der Waals surface area (Å²) >= 11 is 0. The number of amides is 3. The molecule has 0 saturated heterocycles. The summed E-state index contributed by atoms with van der Waals surface area (Å²) in [5.41, 5.74) is 7.22. The van der Waals surface area contributed by atoms with Crippen molar-refractivity contribution in [2.24, 2.45) is 5.73 Å². The number of urea groups is 1. The average Bonchev–Trinajstić information content (AvgIpc) is 3.56. The third kappa shape index (κ3) is 4.48. The van der Waals surface area contributed by atoms with Crippen LogP contribution < -0.4 is 21.9 Å². The van der Waals surface area contributed by atoms with Gasteiger partial charge in [-0.1, -0.05) is 24.3 Å². The average molecular weight is 405 g/mol. The largest absolute Gasteiger partial charge is 0.352 e. The highest BCUT2D eigenvalue weighted by molar-refractivity contribution is 5.87. The number of hydrogen-bond acceptors (Lipinski definition) is 4. The molecular weight excluding hydrogens is 382 g/mol. The van der Waals surface area contributed by atoms with Crippen molar-refractivity contribution in [1.82, 2.24) is 14.9 Å². The van der Waals surface area contributed by atoms with Crippen LogP contribution in [0.25, 0.3) is 10.9 Å². The first-order valence-electron chi connectivity index (χ1n) is 9.93. The van der Waals surface area contributed by atoms with Crippen LogP contribution in [0.15, 0.2) is 53.3 Å². The maximum Gasteiger partial charge on any atom is 0.316 e. The molecule has 3 aromatic rings. The van der Waals surface area contributed by atoms with Gasteiger partial charge in [0, 0.05) is 31.1 Å². The second-order valence-corrected chi connectivity index (χ2v) is 7.41. The van der Waals surface area contributed by atoms with Crippen molar-refractivity contribution in [3.05, 3.63) is 70.3 Å². The van der Waals surface area contributed by atoms with Gasteiger partial charge < -0.3 is 16.4 Å². The van der Waals surface area contributed by atoms with Crippen LogP contribution in [-0.4, -0.2) is 21.5 Å². The highest BCUT2D eigenvalue weighted by atomic mass is 16.2. The number of para-hydroxylation sites is 1. The third-order valence-electron chi connectivity index (χ3n) is 5.08. The van der Waals surface area contributed by atoms with Crippen LogP contribution in [0.2, 0.25) is 0 Å². The molecule has 4 rings (SSSR count). The molecule has 30 heavy (non-hydrogen) atoms. The number of nitrogens with zero attached hydrogens (tertiary/aromatic N) is 2. The predicted octanol–water partition coefficient (Wildman–Crippen LogP) is 2.47. The Labute approximate surface area is 173 Å². The maximum absolute atomic E-state index is 12.9. The van der Waals surface area contributed by atoms with E-state index >= 15 is 0 Å². The number of primary amides is 1. The predicted molar refractivity (Wildman–Crippen MR) is 114 cm³/mol. The second-order valence-electron chi connectivity index (χ2n) is 7.41. The van der Waals surface area contributed by atoms with E-state index in [0.29, 0.717) is 35.4 Å². The summed E-state index contributed by atoms with van der Waals surface area (Å²) in [5.74, 6) is 0.553. The number of hydrogen-bond donors (Lipinski definition) is 3. The van der Waals surface area contributed by atoms with E-state index in [0.717, 1.165) is 18.4 Å². The number of rotatable bonds is 7. The summed E-state index contributed by atoms with van der Waals surface area (Å²) in [6.45, 7) is 0.371. The van der Waals surface area contributed by atoms with Crippen LogP contribution >= 0.6 is 0 Å². The molecule has 154 valence electrons. The fourth-order valence-corrected chi connectivity index (χ4v) is 3.44. The van der Waals surface area contributed by atoms with Crippen molar-refractivity contribution >= 4 is 28.5 Å². The molecule has 1 aromatic heterocycles. The Balaban J connectivity index is 1.39. The molecule has 3 amide bonds. The fourth-order valence-electron chi connectivity index (χ4n) is 3.44. The molecule has 1 aliphatic rings. The van der Waals surface area contributed by atoms with E-state index in [9.17, 15) is 14.4 Å². The van der Waals surface area contributed by atoms with Gasteiger partial charge in [0.2, 0.25) is 5.91 Å². The SMILES string of the molecule is NC(=O)Nc1ccc(CNC(=O)CCc2nc3ccccc3c(=O)n2C2CC2)cc1. The standard InChI is InChI=1S/C22H23N5O3/c23-22(30)25-15-7-5-14(6-8-15)13-24-20(28)12-11-19-26-18-4-2-1-3-17(18)21(29)27(19)16-9-10-16/h1-8,16H,9-13H2,(H,24,28)(H3,23,25,30). The minimum absolute atomic E-state index is 0.0248. The molecule has 0 spiro atoms. The molecule has 0 bridgehead atoms. The molecular formula is C22H23N5O3. The first-order valence-corrected chi connectivity index (χ1v) is 9.93. The summed E-state index contributed by atoms with van der Waals surface area (Å²) in [6, 6.07) is 14.0. The number of nitrogens with two attached hydrogens (primary N) is 1. The number of fused-ring (bicyclic) bond motifs is 1. The zero-order valence-corrected chi connectivity index (χ0v) is 16.4. The topological polar surface area (TPSA) is 119 Å². The van der Waals surface area contributed by atoms with Crippen molar-refractivity contribution in [2.75, 3.05) is 5.32 Å². The Kier molecular flexibility index (Phi) is 5.47. The molecule has 0 aliphatic heterocycles. The van der Waals surface area contributed by atoms with Crippen LogP contribution in [0.4, 0.5) is 10.5 Å². The van der Waals surface area contributed by atoms with Gasteiger partial charge in [-0.3, -0.25) is 14.2 Å². The molecule has 8 heteroatoms. The Hall–Kier alpha value is -3.68. The molecule has 1 heterocycles. The van der Waals surface area contributed by atoms with E-state index < -0.39 is 6.03 Å². The Morgan fingerprint density at radius 1 is 1.10 bits per heavy atom. The van der Waals surface area contributed by atoms with Gasteiger partial charge in [0.25, 0.3) is 5.56 Å². The molecule has 1 saturated carbocycles. The molecule has 8 nitrogen and oxygen atoms in total.